The molecule has 8 nitrogen and oxygen atoms in total. The molecule has 0 saturated carbocycles. The Kier molecular flexibility index (Phi) is 6.94. The summed E-state index contributed by atoms with van der Waals surface area (Å²) in [6, 6.07) is 11.1. The molecule has 2 aliphatic rings. The maximum absolute atomic E-state index is 13.0. The van der Waals surface area contributed by atoms with E-state index in [-0.39, 0.29) is 29.2 Å². The van der Waals surface area contributed by atoms with Crippen molar-refractivity contribution < 1.29 is 27.1 Å². The van der Waals surface area contributed by atoms with E-state index in [0.717, 1.165) is 30.5 Å². The van der Waals surface area contributed by atoms with Crippen LogP contribution in [-0.4, -0.2) is 68.9 Å². The van der Waals surface area contributed by atoms with Crippen LogP contribution in [0.2, 0.25) is 0 Å². The van der Waals surface area contributed by atoms with Crippen LogP contribution in [0.15, 0.2) is 53.4 Å². The number of ether oxygens (including phenoxy) is 1. The minimum absolute atomic E-state index is 0.0123. The highest BCUT2D eigenvalue weighted by Gasteiger charge is 2.31. The summed E-state index contributed by atoms with van der Waals surface area (Å²) in [6.07, 6.45) is 1.51. The maximum Gasteiger partial charge on any atom is 0.261 e. The molecule has 2 aliphatic heterocycles. The summed E-state index contributed by atoms with van der Waals surface area (Å²) in [5.41, 5.74) is 1.10. The zero-order chi connectivity index (χ0) is 23.4. The summed E-state index contributed by atoms with van der Waals surface area (Å²) in [6.45, 7) is 2.57. The van der Waals surface area contributed by atoms with Crippen LogP contribution < -0.4 is 4.72 Å². The van der Waals surface area contributed by atoms with E-state index in [1.54, 1.807) is 34.1 Å². The lowest BCUT2D eigenvalue weighted by Crippen LogP contribution is -2.53. The largest absolute Gasteiger partial charge is 0.368 e. The number of nitrogens with one attached hydrogen (secondary N) is 1. The fourth-order valence-corrected chi connectivity index (χ4v) is 5.02. The van der Waals surface area contributed by atoms with Crippen molar-refractivity contribution in [1.82, 2.24) is 9.80 Å². The Morgan fingerprint density at radius 2 is 1.61 bits per heavy atom. The van der Waals surface area contributed by atoms with Gasteiger partial charge in [-0.1, -0.05) is 12.1 Å². The van der Waals surface area contributed by atoms with Crippen molar-refractivity contribution in [2.75, 3.05) is 37.5 Å². The van der Waals surface area contributed by atoms with E-state index in [4.69, 9.17) is 4.74 Å². The average molecular weight is 476 g/mol. The molecule has 4 rings (SSSR count). The fraction of sp³-hybridized carbons (Fsp3) is 0.391. The van der Waals surface area contributed by atoms with Crippen LogP contribution in [0.5, 0.6) is 0 Å². The first-order chi connectivity index (χ1) is 15.8. The monoisotopic (exact) mass is 475 g/mol. The topological polar surface area (TPSA) is 96.0 Å². The zero-order valence-corrected chi connectivity index (χ0v) is 18.9. The van der Waals surface area contributed by atoms with Crippen molar-refractivity contribution in [3.8, 4) is 0 Å². The molecule has 2 heterocycles. The molecule has 0 radical (unpaired) electrons. The van der Waals surface area contributed by atoms with Gasteiger partial charge in [-0.25, -0.2) is 12.8 Å². The first-order valence-corrected chi connectivity index (χ1v) is 12.4. The summed E-state index contributed by atoms with van der Waals surface area (Å²) in [7, 11) is -3.83. The molecular formula is C23H26FN3O5S. The van der Waals surface area contributed by atoms with E-state index in [0.29, 0.717) is 38.5 Å². The van der Waals surface area contributed by atoms with Crippen molar-refractivity contribution in [3.63, 3.8) is 0 Å². The van der Waals surface area contributed by atoms with Gasteiger partial charge in [0.05, 0.1) is 11.3 Å². The highest BCUT2D eigenvalue weighted by atomic mass is 32.2. The number of amides is 2. The Balaban J connectivity index is 1.28. The van der Waals surface area contributed by atoms with E-state index in [9.17, 15) is 22.4 Å². The quantitative estimate of drug-likeness (QED) is 0.690. The lowest BCUT2D eigenvalue weighted by molar-refractivity contribution is -0.145. The Labute approximate surface area is 192 Å². The second kappa shape index (κ2) is 9.88. The van der Waals surface area contributed by atoms with Crippen molar-refractivity contribution in [3.05, 3.63) is 59.9 Å². The van der Waals surface area contributed by atoms with E-state index in [2.05, 4.69) is 4.72 Å². The molecule has 1 N–H and O–H groups in total. The minimum Gasteiger partial charge on any atom is -0.368 e. The summed E-state index contributed by atoms with van der Waals surface area (Å²) < 4.78 is 45.8. The van der Waals surface area contributed by atoms with Gasteiger partial charge in [0.2, 0.25) is 5.91 Å². The number of nitrogens with zero attached hydrogens (tertiary/aromatic N) is 2. The molecule has 0 bridgehead atoms. The maximum atomic E-state index is 13.0. The number of anilines is 1. The van der Waals surface area contributed by atoms with E-state index in [1.165, 1.54) is 12.1 Å². The molecule has 10 heteroatoms. The normalized spacial score (nSPS) is 18.9. The van der Waals surface area contributed by atoms with Crippen molar-refractivity contribution in [2.24, 2.45) is 0 Å². The van der Waals surface area contributed by atoms with Gasteiger partial charge >= 0.3 is 0 Å². The van der Waals surface area contributed by atoms with Gasteiger partial charge in [0, 0.05) is 38.5 Å². The predicted octanol–water partition coefficient (Wildman–Crippen LogP) is 2.02. The summed E-state index contributed by atoms with van der Waals surface area (Å²) >= 11 is 0. The van der Waals surface area contributed by atoms with Gasteiger partial charge in [0.15, 0.2) is 0 Å². The third-order valence-electron chi connectivity index (χ3n) is 5.83. The molecular weight excluding hydrogens is 449 g/mol. The molecule has 0 spiro atoms. The number of sulfonamides is 1. The summed E-state index contributed by atoms with van der Waals surface area (Å²) in [4.78, 5) is 28.6. The molecule has 1 unspecified atom stereocenters. The first-order valence-electron chi connectivity index (χ1n) is 10.9. The number of benzene rings is 2. The molecule has 33 heavy (non-hydrogen) atoms. The predicted molar refractivity (Wildman–Crippen MR) is 119 cm³/mol. The molecule has 2 fully saturated rings. The average Bonchev–Trinajstić information content (AvgIpc) is 3.35. The van der Waals surface area contributed by atoms with Crippen molar-refractivity contribution in [1.29, 1.82) is 0 Å². The van der Waals surface area contributed by atoms with Gasteiger partial charge in [-0.2, -0.15) is 0 Å². The third kappa shape index (κ3) is 5.69. The van der Waals surface area contributed by atoms with Gasteiger partial charge < -0.3 is 14.5 Å². The van der Waals surface area contributed by atoms with Crippen LogP contribution in [0.3, 0.4) is 0 Å². The van der Waals surface area contributed by atoms with E-state index >= 15 is 0 Å². The Bertz CT molecular complexity index is 1090. The minimum atomic E-state index is -3.83. The van der Waals surface area contributed by atoms with Crippen LogP contribution in [-0.2, 0) is 30.8 Å². The summed E-state index contributed by atoms with van der Waals surface area (Å²) in [5.74, 6) is -0.545. The van der Waals surface area contributed by atoms with Crippen LogP contribution in [0.25, 0.3) is 0 Å². The Morgan fingerprint density at radius 1 is 0.970 bits per heavy atom. The number of rotatable bonds is 6. The SMILES string of the molecule is O=C(Cc1ccc(NS(=O)(=O)c2ccc(F)cc2)cc1)N1CCN(C(=O)C2CCCO2)CC1. The van der Waals surface area contributed by atoms with Crippen molar-refractivity contribution in [2.45, 2.75) is 30.3 Å². The standard InChI is InChI=1S/C23H26FN3O5S/c24-18-5-9-20(10-6-18)33(30,31)25-19-7-3-17(4-8-19)16-22(28)26-11-13-27(14-12-26)23(29)21-2-1-15-32-21/h3-10,21,25H,1-2,11-16H2. The highest BCUT2D eigenvalue weighted by Crippen LogP contribution is 2.19. The Morgan fingerprint density at radius 3 is 2.21 bits per heavy atom. The molecule has 2 aromatic carbocycles. The molecule has 0 aliphatic carbocycles. The number of halogens is 1. The first kappa shape index (κ1) is 23.2. The number of hydrogen-bond acceptors (Lipinski definition) is 5. The third-order valence-corrected chi connectivity index (χ3v) is 7.23. The number of hydrogen-bond donors (Lipinski definition) is 1. The second-order valence-corrected chi connectivity index (χ2v) is 9.82. The molecule has 2 aromatic rings. The lowest BCUT2D eigenvalue weighted by Gasteiger charge is -2.35. The van der Waals surface area contributed by atoms with E-state index < -0.39 is 15.8 Å². The summed E-state index contributed by atoms with van der Waals surface area (Å²) in [5, 5.41) is 0. The van der Waals surface area contributed by atoms with E-state index in [1.807, 2.05) is 0 Å². The zero-order valence-electron chi connectivity index (χ0n) is 18.1. The van der Waals surface area contributed by atoms with Crippen LogP contribution in [0.4, 0.5) is 10.1 Å². The fourth-order valence-electron chi connectivity index (χ4n) is 3.96. The number of carbonyl (C=O) groups is 2. The van der Waals surface area contributed by atoms with Crippen molar-refractivity contribution >= 4 is 27.5 Å². The molecule has 2 saturated heterocycles. The molecule has 1 atom stereocenters. The van der Waals surface area contributed by atoms with Gasteiger partial charge in [-0.15, -0.1) is 0 Å². The van der Waals surface area contributed by atoms with Gasteiger partial charge in [-0.05, 0) is 54.8 Å². The number of carbonyl (C=O) groups excluding carboxylic acids is 2. The second-order valence-electron chi connectivity index (χ2n) is 8.14. The molecule has 0 aromatic heterocycles. The Hall–Kier alpha value is -2.98. The van der Waals surface area contributed by atoms with Crippen LogP contribution >= 0.6 is 0 Å². The highest BCUT2D eigenvalue weighted by molar-refractivity contribution is 7.92. The number of piperazine rings is 1. The smallest absolute Gasteiger partial charge is 0.261 e. The molecule has 2 amide bonds. The van der Waals surface area contributed by atoms with Crippen LogP contribution in [0.1, 0.15) is 18.4 Å². The van der Waals surface area contributed by atoms with Crippen LogP contribution in [0, 0.1) is 5.82 Å². The van der Waals surface area contributed by atoms with Gasteiger partial charge in [-0.3, -0.25) is 14.3 Å². The van der Waals surface area contributed by atoms with Gasteiger partial charge in [0.1, 0.15) is 11.9 Å². The van der Waals surface area contributed by atoms with Gasteiger partial charge in [0.25, 0.3) is 15.9 Å². The lowest BCUT2D eigenvalue weighted by atomic mass is 10.1. The molecule has 176 valence electrons.